The first-order valence-electron chi connectivity index (χ1n) is 5.56. The minimum Gasteiger partial charge on any atom is -0.341 e. The summed E-state index contributed by atoms with van der Waals surface area (Å²) in [5.74, 6) is 0.257. The number of amides is 1. The molecule has 2 rings (SSSR count). The smallest absolute Gasteiger partial charge is 0.236 e. The maximum absolute atomic E-state index is 11.7. The fraction of sp³-hybridized carbons (Fsp3) is 0.545. The molecule has 1 fully saturated rings. The average Bonchev–Trinajstić information content (AvgIpc) is 2.76. The summed E-state index contributed by atoms with van der Waals surface area (Å²) in [4.78, 5) is 13.5. The SMILES string of the molecule is N#CCC(=O)N1CCCC(c2[nH]ncc2I)C1. The summed E-state index contributed by atoms with van der Waals surface area (Å²) >= 11 is 2.25. The lowest BCUT2D eigenvalue weighted by Crippen LogP contribution is -2.39. The van der Waals surface area contributed by atoms with Gasteiger partial charge in [-0.3, -0.25) is 9.89 Å². The van der Waals surface area contributed by atoms with Crippen LogP contribution >= 0.6 is 22.6 Å². The number of carbonyl (C=O) groups is 1. The van der Waals surface area contributed by atoms with Crippen LogP contribution in [0, 0.1) is 14.9 Å². The van der Waals surface area contributed by atoms with Crippen molar-refractivity contribution in [2.75, 3.05) is 13.1 Å². The van der Waals surface area contributed by atoms with Gasteiger partial charge in [0, 0.05) is 19.0 Å². The zero-order valence-electron chi connectivity index (χ0n) is 9.32. The van der Waals surface area contributed by atoms with Crippen molar-refractivity contribution in [3.8, 4) is 6.07 Å². The van der Waals surface area contributed by atoms with Gasteiger partial charge in [0.25, 0.3) is 0 Å². The van der Waals surface area contributed by atoms with Gasteiger partial charge < -0.3 is 4.90 Å². The van der Waals surface area contributed by atoms with Crippen LogP contribution in [-0.2, 0) is 4.79 Å². The van der Waals surface area contributed by atoms with Gasteiger partial charge in [0.15, 0.2) is 0 Å². The first kappa shape index (κ1) is 12.4. The third kappa shape index (κ3) is 2.77. The summed E-state index contributed by atoms with van der Waals surface area (Å²) in [7, 11) is 0. The van der Waals surface area contributed by atoms with Crippen molar-refractivity contribution < 1.29 is 4.79 Å². The van der Waals surface area contributed by atoms with Crippen LogP contribution in [0.15, 0.2) is 6.20 Å². The molecule has 0 aromatic carbocycles. The average molecular weight is 344 g/mol. The minimum absolute atomic E-state index is 0.0210. The van der Waals surface area contributed by atoms with Crippen LogP contribution < -0.4 is 0 Å². The van der Waals surface area contributed by atoms with E-state index in [1.165, 1.54) is 0 Å². The van der Waals surface area contributed by atoms with Crippen molar-refractivity contribution in [3.63, 3.8) is 0 Å². The van der Waals surface area contributed by atoms with E-state index < -0.39 is 0 Å². The summed E-state index contributed by atoms with van der Waals surface area (Å²) in [6.07, 6.45) is 3.82. The lowest BCUT2D eigenvalue weighted by molar-refractivity contribution is -0.131. The number of hydrogen-bond acceptors (Lipinski definition) is 3. The number of aromatic nitrogens is 2. The Hall–Kier alpha value is -1.10. The Kier molecular flexibility index (Phi) is 3.99. The summed E-state index contributed by atoms with van der Waals surface area (Å²) in [6, 6.07) is 1.91. The maximum Gasteiger partial charge on any atom is 0.236 e. The molecule has 1 aliphatic heterocycles. The van der Waals surface area contributed by atoms with E-state index in [4.69, 9.17) is 5.26 Å². The number of nitrogens with zero attached hydrogens (tertiary/aromatic N) is 3. The minimum atomic E-state index is -0.0632. The van der Waals surface area contributed by atoms with Crippen LogP contribution in [-0.4, -0.2) is 34.1 Å². The maximum atomic E-state index is 11.7. The van der Waals surface area contributed by atoms with Gasteiger partial charge in [0.05, 0.1) is 21.5 Å². The number of nitriles is 1. The second kappa shape index (κ2) is 5.49. The molecule has 2 heterocycles. The van der Waals surface area contributed by atoms with Crippen molar-refractivity contribution in [3.05, 3.63) is 15.5 Å². The molecule has 0 bridgehead atoms. The van der Waals surface area contributed by atoms with Crippen molar-refractivity contribution in [2.24, 2.45) is 0 Å². The number of rotatable bonds is 2. The number of hydrogen-bond donors (Lipinski definition) is 1. The number of piperidine rings is 1. The fourth-order valence-corrected chi connectivity index (χ4v) is 2.89. The van der Waals surface area contributed by atoms with Gasteiger partial charge in [0.2, 0.25) is 5.91 Å². The first-order chi connectivity index (χ1) is 8.22. The Morgan fingerprint density at radius 1 is 1.76 bits per heavy atom. The molecule has 6 heteroatoms. The Morgan fingerprint density at radius 3 is 3.24 bits per heavy atom. The molecule has 1 aromatic rings. The molecular formula is C11H13IN4O. The lowest BCUT2D eigenvalue weighted by atomic mass is 9.95. The van der Waals surface area contributed by atoms with Gasteiger partial charge in [0.1, 0.15) is 6.42 Å². The molecule has 1 aliphatic rings. The predicted octanol–water partition coefficient (Wildman–Crippen LogP) is 1.63. The highest BCUT2D eigenvalue weighted by Crippen LogP contribution is 2.28. The Morgan fingerprint density at radius 2 is 2.59 bits per heavy atom. The van der Waals surface area contributed by atoms with E-state index in [1.54, 1.807) is 11.1 Å². The topological polar surface area (TPSA) is 72.8 Å². The van der Waals surface area contributed by atoms with Crippen LogP contribution in [0.2, 0.25) is 0 Å². The second-order valence-corrected chi connectivity index (χ2v) is 5.31. The zero-order valence-corrected chi connectivity index (χ0v) is 11.5. The summed E-state index contributed by atoms with van der Waals surface area (Å²) < 4.78 is 1.11. The van der Waals surface area contributed by atoms with Gasteiger partial charge in [-0.1, -0.05) is 0 Å². The van der Waals surface area contributed by atoms with Gasteiger partial charge in [-0.15, -0.1) is 0 Å². The van der Waals surface area contributed by atoms with E-state index >= 15 is 0 Å². The van der Waals surface area contributed by atoms with E-state index in [0.29, 0.717) is 12.5 Å². The van der Waals surface area contributed by atoms with Crippen molar-refractivity contribution in [2.45, 2.75) is 25.2 Å². The molecule has 1 saturated heterocycles. The number of H-pyrrole nitrogens is 1. The number of aromatic amines is 1. The van der Waals surface area contributed by atoms with Crippen LogP contribution in [0.3, 0.4) is 0 Å². The summed E-state index contributed by atoms with van der Waals surface area (Å²) in [5, 5.41) is 15.6. The Bertz CT molecular complexity index is 451. The van der Waals surface area contributed by atoms with Crippen molar-refractivity contribution >= 4 is 28.5 Å². The molecule has 90 valence electrons. The molecule has 0 aliphatic carbocycles. The highest BCUT2D eigenvalue weighted by Gasteiger charge is 2.26. The van der Waals surface area contributed by atoms with Crippen molar-refractivity contribution in [1.29, 1.82) is 5.26 Å². The molecule has 0 saturated carbocycles. The van der Waals surface area contributed by atoms with E-state index in [9.17, 15) is 4.79 Å². The number of carbonyl (C=O) groups excluding carboxylic acids is 1. The van der Waals surface area contributed by atoms with Gasteiger partial charge in [-0.05, 0) is 35.4 Å². The Balaban J connectivity index is 2.05. The molecular weight excluding hydrogens is 331 g/mol. The molecule has 1 amide bonds. The quantitative estimate of drug-likeness (QED) is 0.829. The largest absolute Gasteiger partial charge is 0.341 e. The van der Waals surface area contributed by atoms with E-state index in [2.05, 4.69) is 32.8 Å². The third-order valence-corrected chi connectivity index (χ3v) is 3.89. The summed E-state index contributed by atoms with van der Waals surface area (Å²) in [6.45, 7) is 1.46. The normalized spacial score (nSPS) is 20.0. The molecule has 5 nitrogen and oxygen atoms in total. The fourth-order valence-electron chi connectivity index (χ4n) is 2.19. The standard InChI is InChI=1S/C11H13IN4O/c12-9-6-14-15-11(9)8-2-1-5-16(7-8)10(17)3-4-13/h6,8H,1-3,5,7H2,(H,14,15). The van der Waals surface area contributed by atoms with Crippen molar-refractivity contribution in [1.82, 2.24) is 15.1 Å². The van der Waals surface area contributed by atoms with E-state index in [1.807, 2.05) is 6.07 Å². The molecule has 1 atom stereocenters. The third-order valence-electron chi connectivity index (χ3n) is 3.03. The van der Waals surface area contributed by atoms with Gasteiger partial charge >= 0.3 is 0 Å². The molecule has 1 N–H and O–H groups in total. The summed E-state index contributed by atoms with van der Waals surface area (Å²) in [5.41, 5.74) is 1.11. The molecule has 0 spiro atoms. The van der Waals surface area contributed by atoms with Crippen LogP contribution in [0.25, 0.3) is 0 Å². The number of halogens is 1. The number of likely N-dealkylation sites (tertiary alicyclic amines) is 1. The predicted molar refractivity (Wildman–Crippen MR) is 70.1 cm³/mol. The van der Waals surface area contributed by atoms with Crippen LogP contribution in [0.1, 0.15) is 30.9 Å². The second-order valence-electron chi connectivity index (χ2n) is 4.15. The van der Waals surface area contributed by atoms with Crippen LogP contribution in [0.5, 0.6) is 0 Å². The highest BCUT2D eigenvalue weighted by molar-refractivity contribution is 14.1. The van der Waals surface area contributed by atoms with E-state index in [-0.39, 0.29) is 12.3 Å². The lowest BCUT2D eigenvalue weighted by Gasteiger charge is -2.32. The molecule has 17 heavy (non-hydrogen) atoms. The molecule has 0 radical (unpaired) electrons. The molecule has 1 aromatic heterocycles. The van der Waals surface area contributed by atoms with E-state index in [0.717, 1.165) is 28.7 Å². The monoisotopic (exact) mass is 344 g/mol. The first-order valence-corrected chi connectivity index (χ1v) is 6.63. The highest BCUT2D eigenvalue weighted by atomic mass is 127. The Labute approximate surface area is 113 Å². The van der Waals surface area contributed by atoms with Gasteiger partial charge in [-0.25, -0.2) is 0 Å². The molecule has 1 unspecified atom stereocenters. The number of nitrogens with one attached hydrogen (secondary N) is 1. The van der Waals surface area contributed by atoms with Gasteiger partial charge in [-0.2, -0.15) is 10.4 Å². The van der Waals surface area contributed by atoms with Crippen LogP contribution in [0.4, 0.5) is 0 Å². The zero-order chi connectivity index (χ0) is 12.3.